The minimum atomic E-state index is -3.55. The predicted octanol–water partition coefficient (Wildman–Crippen LogP) is 4.45. The number of hydrogen-bond acceptors (Lipinski definition) is 5. The lowest BCUT2D eigenvalue weighted by Crippen LogP contribution is -2.22. The van der Waals surface area contributed by atoms with E-state index in [-0.39, 0.29) is 4.90 Å². The molecule has 0 aliphatic heterocycles. The Morgan fingerprint density at radius 2 is 1.90 bits per heavy atom. The third-order valence-electron chi connectivity index (χ3n) is 4.81. The fraction of sp³-hybridized carbons (Fsp3) is 0.318. The van der Waals surface area contributed by atoms with Gasteiger partial charge < -0.3 is 14.0 Å². The molecule has 0 aliphatic rings. The highest BCUT2D eigenvalue weighted by Gasteiger charge is 2.20. The zero-order valence-corrected chi connectivity index (χ0v) is 19.8. The number of ether oxygens (including phenoxy) is 2. The van der Waals surface area contributed by atoms with Crippen LogP contribution in [0.25, 0.3) is 22.1 Å². The Hall–Kier alpha value is -2.55. The number of fused-ring (bicyclic) bond motifs is 1. The van der Waals surface area contributed by atoms with Crippen LogP contribution in [-0.4, -0.2) is 50.1 Å². The van der Waals surface area contributed by atoms with Gasteiger partial charge >= 0.3 is 0 Å². The molecule has 31 heavy (non-hydrogen) atoms. The van der Waals surface area contributed by atoms with Crippen LogP contribution in [0.1, 0.15) is 25.2 Å². The lowest BCUT2D eigenvalue weighted by atomic mass is 10.2. The van der Waals surface area contributed by atoms with Crippen LogP contribution in [0.3, 0.4) is 0 Å². The Morgan fingerprint density at radius 1 is 1.16 bits per heavy atom. The molecule has 0 N–H and O–H groups in total. The molecule has 0 amide bonds. The summed E-state index contributed by atoms with van der Waals surface area (Å²) in [6, 6.07) is 10.5. The molecule has 0 aliphatic carbocycles. The minimum Gasteiger partial charge on any atom is -0.493 e. The van der Waals surface area contributed by atoms with Gasteiger partial charge in [-0.2, -0.15) is 0 Å². The van der Waals surface area contributed by atoms with Crippen LogP contribution < -0.4 is 9.47 Å². The molecule has 0 saturated heterocycles. The standard InChI is InChI=1S/C22H26ClN3O4S/c1-6-26-19-10-9-16(31(27,28)25(3)4)14-18(19)24-22(26)17(23)12-15-8-11-20(29-5)21(13-15)30-7-2/h8-14H,6-7H2,1-5H3/b17-12-. The fourth-order valence-electron chi connectivity index (χ4n) is 3.25. The van der Waals surface area contributed by atoms with E-state index in [9.17, 15) is 8.42 Å². The molecular weight excluding hydrogens is 438 g/mol. The molecular formula is C22H26ClN3O4S. The summed E-state index contributed by atoms with van der Waals surface area (Å²) >= 11 is 6.66. The zero-order valence-electron chi connectivity index (χ0n) is 18.2. The van der Waals surface area contributed by atoms with Crippen molar-refractivity contribution >= 4 is 43.8 Å². The van der Waals surface area contributed by atoms with Crippen LogP contribution >= 0.6 is 11.6 Å². The Balaban J connectivity index is 2.08. The number of aromatic nitrogens is 2. The number of aryl methyl sites for hydroxylation is 1. The van der Waals surface area contributed by atoms with Crippen molar-refractivity contribution in [2.75, 3.05) is 27.8 Å². The van der Waals surface area contributed by atoms with Crippen molar-refractivity contribution in [3.8, 4) is 11.5 Å². The summed E-state index contributed by atoms with van der Waals surface area (Å²) in [6.45, 7) is 5.03. The number of imidazole rings is 1. The van der Waals surface area contributed by atoms with E-state index >= 15 is 0 Å². The Labute approximate surface area is 187 Å². The highest BCUT2D eigenvalue weighted by Crippen LogP contribution is 2.32. The van der Waals surface area contributed by atoms with E-state index < -0.39 is 10.0 Å². The first-order valence-electron chi connectivity index (χ1n) is 9.84. The largest absolute Gasteiger partial charge is 0.493 e. The Bertz CT molecular complexity index is 1230. The summed E-state index contributed by atoms with van der Waals surface area (Å²) in [7, 11) is 1.04. The van der Waals surface area contributed by atoms with Crippen molar-refractivity contribution in [1.29, 1.82) is 0 Å². The summed E-state index contributed by atoms with van der Waals surface area (Å²) in [5.41, 5.74) is 2.21. The molecule has 0 radical (unpaired) electrons. The smallest absolute Gasteiger partial charge is 0.242 e. The van der Waals surface area contributed by atoms with E-state index in [1.54, 1.807) is 31.4 Å². The van der Waals surface area contributed by atoms with E-state index in [0.29, 0.717) is 41.0 Å². The van der Waals surface area contributed by atoms with Crippen LogP contribution in [0.2, 0.25) is 0 Å². The minimum absolute atomic E-state index is 0.189. The van der Waals surface area contributed by atoms with Crippen molar-refractivity contribution in [1.82, 2.24) is 13.9 Å². The molecule has 3 rings (SSSR count). The highest BCUT2D eigenvalue weighted by atomic mass is 35.5. The van der Waals surface area contributed by atoms with Gasteiger partial charge in [-0.15, -0.1) is 0 Å². The fourth-order valence-corrected chi connectivity index (χ4v) is 4.44. The van der Waals surface area contributed by atoms with Crippen molar-refractivity contribution in [2.45, 2.75) is 25.3 Å². The number of rotatable bonds is 8. The maximum Gasteiger partial charge on any atom is 0.242 e. The maximum atomic E-state index is 12.5. The quantitative estimate of drug-likeness (QED) is 0.493. The van der Waals surface area contributed by atoms with E-state index in [2.05, 4.69) is 4.98 Å². The second kappa shape index (κ2) is 9.30. The van der Waals surface area contributed by atoms with E-state index in [1.807, 2.05) is 36.6 Å². The number of hydrogen-bond donors (Lipinski definition) is 0. The molecule has 3 aromatic rings. The molecule has 0 spiro atoms. The van der Waals surface area contributed by atoms with Crippen LogP contribution in [0, 0.1) is 0 Å². The highest BCUT2D eigenvalue weighted by molar-refractivity contribution is 7.89. The molecule has 7 nitrogen and oxygen atoms in total. The molecule has 0 saturated carbocycles. The summed E-state index contributed by atoms with van der Waals surface area (Å²) in [4.78, 5) is 4.82. The molecule has 0 atom stereocenters. The SMILES string of the molecule is CCOc1cc(/C=C(\Cl)c2nc3cc(S(=O)(=O)N(C)C)ccc3n2CC)ccc1OC. The number of halogens is 1. The summed E-state index contributed by atoms with van der Waals surface area (Å²) in [5, 5.41) is 0.433. The van der Waals surface area contributed by atoms with Gasteiger partial charge in [0.05, 0.1) is 34.7 Å². The molecule has 166 valence electrons. The average molecular weight is 464 g/mol. The first-order chi connectivity index (χ1) is 14.7. The first kappa shape index (κ1) is 23.1. The average Bonchev–Trinajstić information content (AvgIpc) is 3.12. The van der Waals surface area contributed by atoms with Gasteiger partial charge in [0, 0.05) is 20.6 Å². The van der Waals surface area contributed by atoms with Gasteiger partial charge in [-0.1, -0.05) is 17.7 Å². The first-order valence-corrected chi connectivity index (χ1v) is 11.7. The van der Waals surface area contributed by atoms with Crippen molar-refractivity contribution in [3.05, 3.63) is 47.8 Å². The molecule has 0 fully saturated rings. The summed E-state index contributed by atoms with van der Waals surface area (Å²) in [5.74, 6) is 1.84. The Kier molecular flexibility index (Phi) is 6.93. The van der Waals surface area contributed by atoms with Crippen LogP contribution in [0.5, 0.6) is 11.5 Å². The number of nitrogens with zero attached hydrogens (tertiary/aromatic N) is 3. The molecule has 1 heterocycles. The van der Waals surface area contributed by atoms with Gasteiger partial charge in [0.1, 0.15) is 0 Å². The second-order valence-corrected chi connectivity index (χ2v) is 9.51. The lowest BCUT2D eigenvalue weighted by Gasteiger charge is -2.11. The molecule has 1 aromatic heterocycles. The normalized spacial score (nSPS) is 12.5. The predicted molar refractivity (Wildman–Crippen MR) is 124 cm³/mol. The molecule has 9 heteroatoms. The van der Waals surface area contributed by atoms with Gasteiger partial charge in [0.15, 0.2) is 17.3 Å². The van der Waals surface area contributed by atoms with E-state index in [0.717, 1.165) is 11.1 Å². The van der Waals surface area contributed by atoms with Crippen LogP contribution in [0.15, 0.2) is 41.3 Å². The van der Waals surface area contributed by atoms with Gasteiger partial charge in [-0.3, -0.25) is 0 Å². The monoisotopic (exact) mass is 463 g/mol. The molecule has 2 aromatic carbocycles. The van der Waals surface area contributed by atoms with Crippen LogP contribution in [-0.2, 0) is 16.6 Å². The lowest BCUT2D eigenvalue weighted by molar-refractivity contribution is 0.311. The second-order valence-electron chi connectivity index (χ2n) is 6.95. The number of benzene rings is 2. The van der Waals surface area contributed by atoms with Gasteiger partial charge in [-0.05, 0) is 55.8 Å². The van der Waals surface area contributed by atoms with Crippen molar-refractivity contribution in [3.63, 3.8) is 0 Å². The van der Waals surface area contributed by atoms with Gasteiger partial charge in [0.2, 0.25) is 10.0 Å². The molecule has 0 unspecified atom stereocenters. The third kappa shape index (κ3) is 4.56. The summed E-state index contributed by atoms with van der Waals surface area (Å²) < 4.78 is 39.1. The number of sulfonamides is 1. The van der Waals surface area contributed by atoms with Gasteiger partial charge in [-0.25, -0.2) is 17.7 Å². The van der Waals surface area contributed by atoms with Crippen molar-refractivity contribution < 1.29 is 17.9 Å². The third-order valence-corrected chi connectivity index (χ3v) is 6.90. The molecule has 0 bridgehead atoms. The number of methoxy groups -OCH3 is 1. The van der Waals surface area contributed by atoms with Gasteiger partial charge in [0.25, 0.3) is 0 Å². The van der Waals surface area contributed by atoms with E-state index in [1.165, 1.54) is 18.4 Å². The van der Waals surface area contributed by atoms with Crippen molar-refractivity contribution in [2.24, 2.45) is 0 Å². The van der Waals surface area contributed by atoms with E-state index in [4.69, 9.17) is 21.1 Å². The zero-order chi connectivity index (χ0) is 22.8. The topological polar surface area (TPSA) is 73.7 Å². The van der Waals surface area contributed by atoms with Crippen LogP contribution in [0.4, 0.5) is 0 Å². The Morgan fingerprint density at radius 3 is 2.52 bits per heavy atom. The summed E-state index contributed by atoms with van der Waals surface area (Å²) in [6.07, 6.45) is 1.80. The maximum absolute atomic E-state index is 12.5.